The minimum Gasteiger partial charge on any atom is -0.373 e. The third-order valence-electron chi connectivity index (χ3n) is 2.60. The Balaban J connectivity index is 2.35. The first-order valence-corrected chi connectivity index (χ1v) is 6.59. The third kappa shape index (κ3) is 2.23. The van der Waals surface area contributed by atoms with Gasteiger partial charge < -0.3 is 5.11 Å². The fraction of sp³-hybridized carbons (Fsp3) is 0.417. The quantitative estimate of drug-likeness (QED) is 0.813. The number of aliphatic imine (C=N–C) groups is 1. The summed E-state index contributed by atoms with van der Waals surface area (Å²) >= 11 is 1.57. The van der Waals surface area contributed by atoms with E-state index in [1.807, 2.05) is 48.4 Å². The van der Waals surface area contributed by atoms with Crippen molar-refractivity contribution in [2.45, 2.75) is 25.6 Å². The zero-order valence-corrected chi connectivity index (χ0v) is 10.3. The second-order valence-electron chi connectivity index (χ2n) is 3.89. The highest BCUT2D eigenvalue weighted by Gasteiger charge is 2.27. The largest absolute Gasteiger partial charge is 0.373 e. The minimum atomic E-state index is -0.475. The molecule has 1 aromatic rings. The van der Waals surface area contributed by atoms with Crippen LogP contribution in [0.15, 0.2) is 35.3 Å². The average molecular weight is 236 g/mol. The molecule has 1 aliphatic rings. The van der Waals surface area contributed by atoms with Crippen molar-refractivity contribution in [1.29, 1.82) is 0 Å². The molecule has 86 valence electrons. The molecule has 0 fully saturated rings. The molecule has 1 aliphatic heterocycles. The highest BCUT2D eigenvalue weighted by Crippen LogP contribution is 2.26. The van der Waals surface area contributed by atoms with Gasteiger partial charge in [-0.15, -0.1) is 0 Å². The molecule has 4 heteroatoms. The fourth-order valence-electron chi connectivity index (χ4n) is 1.86. The number of nitrogens with zero attached hydrogens (tertiary/aromatic N) is 2. The molecule has 0 radical (unpaired) electrons. The van der Waals surface area contributed by atoms with Crippen LogP contribution in [0.2, 0.25) is 0 Å². The van der Waals surface area contributed by atoms with E-state index >= 15 is 0 Å². The number of thioether (sulfide) groups is 1. The summed E-state index contributed by atoms with van der Waals surface area (Å²) in [5.41, 5.74) is 0.995. The molecule has 3 nitrogen and oxygen atoms in total. The Morgan fingerprint density at radius 2 is 2.06 bits per heavy atom. The van der Waals surface area contributed by atoms with Crippen LogP contribution in [-0.4, -0.2) is 28.8 Å². The number of aliphatic hydroxyl groups is 1. The summed E-state index contributed by atoms with van der Waals surface area (Å²) in [6.45, 7) is 2.03. The Morgan fingerprint density at radius 1 is 1.38 bits per heavy atom. The number of amidine groups is 1. The lowest BCUT2D eigenvalue weighted by Crippen LogP contribution is -2.44. The van der Waals surface area contributed by atoms with E-state index in [4.69, 9.17) is 0 Å². The number of rotatable bonds is 1. The zero-order valence-electron chi connectivity index (χ0n) is 9.50. The van der Waals surface area contributed by atoms with Crippen LogP contribution in [0, 0.1) is 0 Å². The van der Waals surface area contributed by atoms with Crippen molar-refractivity contribution in [1.82, 2.24) is 0 Å². The molecule has 0 aliphatic carbocycles. The van der Waals surface area contributed by atoms with E-state index in [1.165, 1.54) is 0 Å². The third-order valence-corrected chi connectivity index (χ3v) is 3.27. The molecule has 16 heavy (non-hydrogen) atoms. The van der Waals surface area contributed by atoms with Gasteiger partial charge in [0.1, 0.15) is 6.23 Å². The summed E-state index contributed by atoms with van der Waals surface area (Å²) in [7, 11) is 0. The van der Waals surface area contributed by atoms with Crippen LogP contribution in [0.5, 0.6) is 0 Å². The Labute approximate surface area is 100 Å². The molecule has 0 saturated heterocycles. The van der Waals surface area contributed by atoms with Crippen molar-refractivity contribution in [3.05, 3.63) is 30.3 Å². The van der Waals surface area contributed by atoms with Crippen molar-refractivity contribution in [3.63, 3.8) is 0 Å². The van der Waals surface area contributed by atoms with Crippen LogP contribution >= 0.6 is 11.8 Å². The molecule has 0 saturated carbocycles. The molecular weight excluding hydrogens is 220 g/mol. The lowest BCUT2D eigenvalue weighted by atomic mass is 10.1. The standard InChI is InChI=1S/C12H16N2OS/c1-9-8-11(15)14(12(13-9)16-2)10-6-4-3-5-7-10/h3-7,9,11,15H,8H2,1-2H3/t9-,11-/m0/s1. The fourth-order valence-corrected chi connectivity index (χ4v) is 2.57. The predicted octanol–water partition coefficient (Wildman–Crippen LogP) is 2.32. The van der Waals surface area contributed by atoms with Gasteiger partial charge in [-0.1, -0.05) is 30.0 Å². The van der Waals surface area contributed by atoms with E-state index in [2.05, 4.69) is 4.99 Å². The van der Waals surface area contributed by atoms with Gasteiger partial charge in [0.15, 0.2) is 5.17 Å². The van der Waals surface area contributed by atoms with Gasteiger partial charge in [0.2, 0.25) is 0 Å². The topological polar surface area (TPSA) is 35.8 Å². The Kier molecular flexibility index (Phi) is 3.51. The summed E-state index contributed by atoms with van der Waals surface area (Å²) < 4.78 is 0. The molecular formula is C12H16N2OS. The van der Waals surface area contributed by atoms with Gasteiger partial charge in [-0.05, 0) is 25.3 Å². The first-order chi connectivity index (χ1) is 7.72. The summed E-state index contributed by atoms with van der Waals surface area (Å²) in [5, 5.41) is 11.0. The molecule has 0 spiro atoms. The highest BCUT2D eigenvalue weighted by atomic mass is 32.2. The average Bonchev–Trinajstić information content (AvgIpc) is 2.29. The summed E-state index contributed by atoms with van der Waals surface area (Å²) in [5.74, 6) is 0. The normalized spacial score (nSPS) is 25.4. The van der Waals surface area contributed by atoms with Crippen molar-refractivity contribution >= 4 is 22.6 Å². The molecule has 1 heterocycles. The Morgan fingerprint density at radius 3 is 2.69 bits per heavy atom. The molecule has 0 unspecified atom stereocenters. The van der Waals surface area contributed by atoms with Gasteiger partial charge in [0, 0.05) is 12.1 Å². The lowest BCUT2D eigenvalue weighted by Gasteiger charge is -2.35. The van der Waals surface area contributed by atoms with Crippen LogP contribution in [-0.2, 0) is 0 Å². The second kappa shape index (κ2) is 4.89. The van der Waals surface area contributed by atoms with Crippen molar-refractivity contribution in [2.75, 3.05) is 11.2 Å². The van der Waals surface area contributed by atoms with Crippen molar-refractivity contribution in [3.8, 4) is 0 Å². The summed E-state index contributed by atoms with van der Waals surface area (Å²) in [4.78, 5) is 6.45. The van der Waals surface area contributed by atoms with Crippen LogP contribution in [0.3, 0.4) is 0 Å². The highest BCUT2D eigenvalue weighted by molar-refractivity contribution is 8.13. The first kappa shape index (κ1) is 11.5. The van der Waals surface area contributed by atoms with E-state index in [0.717, 1.165) is 10.9 Å². The van der Waals surface area contributed by atoms with Gasteiger partial charge in [0.25, 0.3) is 0 Å². The number of hydrogen-bond donors (Lipinski definition) is 1. The van der Waals surface area contributed by atoms with Gasteiger partial charge in [0.05, 0.1) is 6.04 Å². The predicted molar refractivity (Wildman–Crippen MR) is 70.0 cm³/mol. The summed E-state index contributed by atoms with van der Waals surface area (Å²) in [6.07, 6.45) is 2.19. The van der Waals surface area contributed by atoms with Gasteiger partial charge >= 0.3 is 0 Å². The Bertz CT molecular complexity index is 380. The van der Waals surface area contributed by atoms with E-state index in [0.29, 0.717) is 6.42 Å². The lowest BCUT2D eigenvalue weighted by molar-refractivity contribution is 0.162. The number of aliphatic hydroxyl groups excluding tert-OH is 1. The molecule has 2 rings (SSSR count). The maximum Gasteiger partial charge on any atom is 0.165 e. The number of hydrogen-bond acceptors (Lipinski definition) is 4. The van der Waals surface area contributed by atoms with Gasteiger partial charge in [-0.2, -0.15) is 0 Å². The summed E-state index contributed by atoms with van der Waals surface area (Å²) in [6, 6.07) is 10.1. The SMILES string of the molecule is CSC1=N[C@@H](C)C[C@H](O)N1c1ccccc1. The van der Waals surface area contributed by atoms with Gasteiger partial charge in [-0.3, -0.25) is 9.89 Å². The molecule has 1 N–H and O–H groups in total. The van der Waals surface area contributed by atoms with Crippen molar-refractivity contribution < 1.29 is 5.11 Å². The van der Waals surface area contributed by atoms with E-state index < -0.39 is 6.23 Å². The number of para-hydroxylation sites is 1. The van der Waals surface area contributed by atoms with Crippen LogP contribution in [0.25, 0.3) is 0 Å². The monoisotopic (exact) mass is 236 g/mol. The van der Waals surface area contributed by atoms with Crippen LogP contribution in [0.4, 0.5) is 5.69 Å². The maximum absolute atomic E-state index is 10.1. The zero-order chi connectivity index (χ0) is 11.5. The van der Waals surface area contributed by atoms with Crippen molar-refractivity contribution in [2.24, 2.45) is 4.99 Å². The smallest absolute Gasteiger partial charge is 0.165 e. The second-order valence-corrected chi connectivity index (χ2v) is 4.66. The molecule has 0 aromatic heterocycles. The molecule has 2 atom stereocenters. The number of anilines is 1. The van der Waals surface area contributed by atoms with Gasteiger partial charge in [-0.25, -0.2) is 0 Å². The van der Waals surface area contributed by atoms with E-state index in [1.54, 1.807) is 11.8 Å². The molecule has 0 bridgehead atoms. The minimum absolute atomic E-state index is 0.192. The maximum atomic E-state index is 10.1. The molecule has 1 aromatic carbocycles. The first-order valence-electron chi connectivity index (χ1n) is 5.36. The van der Waals surface area contributed by atoms with Crippen LogP contribution in [0.1, 0.15) is 13.3 Å². The van der Waals surface area contributed by atoms with Crippen LogP contribution < -0.4 is 4.90 Å². The van der Waals surface area contributed by atoms with E-state index in [9.17, 15) is 5.11 Å². The number of benzene rings is 1. The molecule has 0 amide bonds. The Hall–Kier alpha value is -1.00. The van der Waals surface area contributed by atoms with E-state index in [-0.39, 0.29) is 6.04 Å².